The maximum atomic E-state index is 13.0. The van der Waals surface area contributed by atoms with E-state index in [1.54, 1.807) is 23.5 Å². The molecule has 0 N–H and O–H groups in total. The van der Waals surface area contributed by atoms with E-state index in [9.17, 15) is 4.39 Å². The third-order valence-corrected chi connectivity index (χ3v) is 4.33. The highest BCUT2D eigenvalue weighted by Gasteiger charge is 2.11. The van der Waals surface area contributed by atoms with Crippen LogP contribution in [0.4, 0.5) is 4.39 Å². The normalized spacial score (nSPS) is 10.5. The molecule has 0 aliphatic heterocycles. The monoisotopic (exact) mass is 318 g/mol. The number of hydrogen-bond donors (Lipinski definition) is 0. The van der Waals surface area contributed by atoms with Crippen LogP contribution in [0, 0.1) is 17.7 Å². The van der Waals surface area contributed by atoms with Gasteiger partial charge in [-0.2, -0.15) is 0 Å². The first-order chi connectivity index (χ1) is 11.3. The van der Waals surface area contributed by atoms with Crippen LogP contribution in [0.3, 0.4) is 0 Å². The number of hydrogen-bond acceptors (Lipinski definition) is 2. The zero-order valence-corrected chi connectivity index (χ0v) is 12.8. The van der Waals surface area contributed by atoms with Gasteiger partial charge in [0.1, 0.15) is 11.5 Å². The molecule has 2 nitrogen and oxygen atoms in total. The van der Waals surface area contributed by atoms with Crippen molar-refractivity contribution in [2.75, 3.05) is 0 Å². The summed E-state index contributed by atoms with van der Waals surface area (Å²) in [4.78, 5) is 5.79. The summed E-state index contributed by atoms with van der Waals surface area (Å²) in [5.41, 5.74) is 2.45. The molecule has 0 atom stereocenters. The van der Waals surface area contributed by atoms with Gasteiger partial charge in [-0.05, 0) is 53.8 Å². The number of halogens is 1. The molecule has 0 amide bonds. The van der Waals surface area contributed by atoms with Gasteiger partial charge in [0.05, 0.1) is 10.4 Å². The Morgan fingerprint density at radius 2 is 1.83 bits per heavy atom. The molecule has 1 aromatic carbocycles. The standard InChI is InChI=1S/C19H11FN2S/c20-15-9-6-14(7-10-15)8-11-16-17-4-1-2-12-22(17)19(21-16)18-5-3-13-23-18/h1-7,9-10,12-13H. The average Bonchev–Trinajstić information content (AvgIpc) is 3.22. The third-order valence-electron chi connectivity index (χ3n) is 3.46. The van der Waals surface area contributed by atoms with Crippen LogP contribution in [0.15, 0.2) is 66.2 Å². The fourth-order valence-corrected chi connectivity index (χ4v) is 3.08. The first-order valence-electron chi connectivity index (χ1n) is 7.10. The molecular weight excluding hydrogens is 307 g/mol. The van der Waals surface area contributed by atoms with Crippen molar-refractivity contribution in [1.29, 1.82) is 0 Å². The number of rotatable bonds is 1. The van der Waals surface area contributed by atoms with Gasteiger partial charge in [0.25, 0.3) is 0 Å². The minimum atomic E-state index is -0.261. The van der Waals surface area contributed by atoms with Crippen molar-refractivity contribution in [1.82, 2.24) is 9.38 Å². The van der Waals surface area contributed by atoms with Crippen LogP contribution in [-0.2, 0) is 0 Å². The summed E-state index contributed by atoms with van der Waals surface area (Å²) in [6.45, 7) is 0. The van der Waals surface area contributed by atoms with Crippen LogP contribution >= 0.6 is 11.3 Å². The summed E-state index contributed by atoms with van der Waals surface area (Å²) < 4.78 is 15.0. The van der Waals surface area contributed by atoms with E-state index in [2.05, 4.69) is 11.8 Å². The van der Waals surface area contributed by atoms with Gasteiger partial charge in [0.2, 0.25) is 0 Å². The van der Waals surface area contributed by atoms with Crippen molar-refractivity contribution in [3.8, 4) is 22.5 Å². The Bertz CT molecular complexity index is 1020. The van der Waals surface area contributed by atoms with E-state index in [0.29, 0.717) is 0 Å². The minimum Gasteiger partial charge on any atom is -0.298 e. The highest BCUT2D eigenvalue weighted by atomic mass is 32.1. The van der Waals surface area contributed by atoms with Crippen LogP contribution in [0.2, 0.25) is 0 Å². The lowest BCUT2D eigenvalue weighted by atomic mass is 10.2. The summed E-state index contributed by atoms with van der Waals surface area (Å²) in [5, 5.41) is 2.03. The van der Waals surface area contributed by atoms with E-state index in [0.717, 1.165) is 27.5 Å². The van der Waals surface area contributed by atoms with E-state index in [1.165, 1.54) is 12.1 Å². The van der Waals surface area contributed by atoms with Crippen LogP contribution in [-0.4, -0.2) is 9.38 Å². The Balaban J connectivity index is 1.84. The number of nitrogens with zero attached hydrogens (tertiary/aromatic N) is 2. The molecular formula is C19H11FN2S. The summed E-state index contributed by atoms with van der Waals surface area (Å²) in [6.07, 6.45) is 1.99. The van der Waals surface area contributed by atoms with Crippen LogP contribution < -0.4 is 0 Å². The molecule has 0 aliphatic carbocycles. The first kappa shape index (κ1) is 13.7. The highest BCUT2D eigenvalue weighted by Crippen LogP contribution is 2.26. The smallest absolute Gasteiger partial charge is 0.156 e. The molecule has 4 rings (SSSR count). The van der Waals surface area contributed by atoms with Gasteiger partial charge in [-0.3, -0.25) is 4.40 Å². The lowest BCUT2D eigenvalue weighted by molar-refractivity contribution is 0.627. The van der Waals surface area contributed by atoms with Crippen LogP contribution in [0.5, 0.6) is 0 Å². The summed E-state index contributed by atoms with van der Waals surface area (Å²) in [7, 11) is 0. The van der Waals surface area contributed by atoms with Crippen LogP contribution in [0.1, 0.15) is 11.3 Å². The molecule has 110 valence electrons. The number of imidazole rings is 1. The Labute approximate surface area is 136 Å². The molecule has 4 aromatic rings. The zero-order chi connectivity index (χ0) is 15.6. The van der Waals surface area contributed by atoms with E-state index in [1.807, 2.05) is 46.3 Å². The molecule has 0 unspecified atom stereocenters. The Hall–Kier alpha value is -2.90. The van der Waals surface area contributed by atoms with Gasteiger partial charge in [-0.1, -0.05) is 18.1 Å². The predicted octanol–water partition coefficient (Wildman–Crippen LogP) is 4.60. The SMILES string of the molecule is Fc1ccc(C#Cc2nc(-c3cccs3)n3ccccc23)cc1. The van der Waals surface area contributed by atoms with Crippen molar-refractivity contribution in [3.63, 3.8) is 0 Å². The second-order valence-electron chi connectivity index (χ2n) is 4.97. The minimum absolute atomic E-state index is 0.261. The Morgan fingerprint density at radius 1 is 0.957 bits per heavy atom. The zero-order valence-electron chi connectivity index (χ0n) is 12.0. The van der Waals surface area contributed by atoms with Crippen molar-refractivity contribution in [2.45, 2.75) is 0 Å². The van der Waals surface area contributed by atoms with E-state index in [-0.39, 0.29) is 5.82 Å². The largest absolute Gasteiger partial charge is 0.298 e. The van der Waals surface area contributed by atoms with Crippen LogP contribution in [0.25, 0.3) is 16.2 Å². The number of aromatic nitrogens is 2. The molecule has 0 saturated heterocycles. The van der Waals surface area contributed by atoms with Crippen molar-refractivity contribution >= 4 is 16.9 Å². The average molecular weight is 318 g/mol. The Morgan fingerprint density at radius 3 is 2.61 bits per heavy atom. The van der Waals surface area contributed by atoms with E-state index < -0.39 is 0 Å². The summed E-state index contributed by atoms with van der Waals surface area (Å²) in [6, 6.07) is 16.2. The highest BCUT2D eigenvalue weighted by molar-refractivity contribution is 7.13. The molecule has 0 aliphatic rings. The third kappa shape index (κ3) is 2.63. The van der Waals surface area contributed by atoms with Gasteiger partial charge in [-0.25, -0.2) is 9.37 Å². The molecule has 3 aromatic heterocycles. The maximum Gasteiger partial charge on any atom is 0.156 e. The van der Waals surface area contributed by atoms with Gasteiger partial charge >= 0.3 is 0 Å². The van der Waals surface area contributed by atoms with Crippen molar-refractivity contribution in [3.05, 3.63) is 83.2 Å². The number of pyridine rings is 1. The second-order valence-corrected chi connectivity index (χ2v) is 5.92. The first-order valence-corrected chi connectivity index (χ1v) is 7.98. The molecule has 0 radical (unpaired) electrons. The number of thiophene rings is 1. The molecule has 3 heterocycles. The molecule has 0 spiro atoms. The summed E-state index contributed by atoms with van der Waals surface area (Å²) in [5.74, 6) is 6.78. The number of fused-ring (bicyclic) bond motifs is 1. The molecule has 0 bridgehead atoms. The maximum absolute atomic E-state index is 13.0. The fraction of sp³-hybridized carbons (Fsp3) is 0. The predicted molar refractivity (Wildman–Crippen MR) is 90.9 cm³/mol. The molecule has 4 heteroatoms. The second kappa shape index (κ2) is 5.71. The summed E-state index contributed by atoms with van der Waals surface area (Å²) >= 11 is 1.65. The number of benzene rings is 1. The quantitative estimate of drug-likeness (QED) is 0.469. The van der Waals surface area contributed by atoms with E-state index in [4.69, 9.17) is 4.98 Å². The fourth-order valence-electron chi connectivity index (χ4n) is 2.37. The topological polar surface area (TPSA) is 17.3 Å². The molecule has 23 heavy (non-hydrogen) atoms. The van der Waals surface area contributed by atoms with Gasteiger partial charge < -0.3 is 0 Å². The van der Waals surface area contributed by atoms with Gasteiger partial charge in [0, 0.05) is 11.8 Å². The van der Waals surface area contributed by atoms with E-state index >= 15 is 0 Å². The van der Waals surface area contributed by atoms with Crippen molar-refractivity contribution in [2.24, 2.45) is 0 Å². The Kier molecular flexibility index (Phi) is 3.41. The lowest BCUT2D eigenvalue weighted by Gasteiger charge is -1.96. The van der Waals surface area contributed by atoms with Gasteiger partial charge in [-0.15, -0.1) is 11.3 Å². The van der Waals surface area contributed by atoms with Gasteiger partial charge in [0.15, 0.2) is 5.82 Å². The van der Waals surface area contributed by atoms with Crippen molar-refractivity contribution < 1.29 is 4.39 Å². The molecule has 0 saturated carbocycles. The lowest BCUT2D eigenvalue weighted by Crippen LogP contribution is -1.85. The molecule has 0 fully saturated rings.